The van der Waals surface area contributed by atoms with E-state index in [0.29, 0.717) is 12.5 Å². The molecular formula is C16H14F3NO2. The third kappa shape index (κ3) is 3.32. The molecule has 3 nitrogen and oxygen atoms in total. The van der Waals surface area contributed by atoms with Crippen molar-refractivity contribution in [1.82, 2.24) is 5.32 Å². The molecule has 1 fully saturated rings. The molecule has 3 rings (SSSR count). The van der Waals surface area contributed by atoms with Crippen LogP contribution in [0.3, 0.4) is 0 Å². The number of rotatable bonds is 4. The van der Waals surface area contributed by atoms with Crippen LogP contribution in [0.2, 0.25) is 0 Å². The van der Waals surface area contributed by atoms with Gasteiger partial charge in [-0.3, -0.25) is 4.79 Å². The van der Waals surface area contributed by atoms with Crippen LogP contribution in [0.25, 0.3) is 11.3 Å². The van der Waals surface area contributed by atoms with Crippen molar-refractivity contribution in [2.75, 3.05) is 6.54 Å². The molecule has 0 saturated heterocycles. The molecule has 0 bridgehead atoms. The smallest absolute Gasteiger partial charge is 0.416 e. The number of furan rings is 1. The maximum atomic E-state index is 12.7. The first-order valence-electron chi connectivity index (χ1n) is 6.99. The molecule has 0 aliphatic heterocycles. The number of hydrogen-bond donors (Lipinski definition) is 1. The average molecular weight is 309 g/mol. The largest absolute Gasteiger partial charge is 0.451 e. The van der Waals surface area contributed by atoms with Gasteiger partial charge in [0.05, 0.1) is 5.56 Å². The molecule has 1 N–H and O–H groups in total. The lowest BCUT2D eigenvalue weighted by Gasteiger charge is -2.07. The Bertz CT molecular complexity index is 687. The molecule has 1 aliphatic carbocycles. The van der Waals surface area contributed by atoms with Gasteiger partial charge in [0.15, 0.2) is 5.76 Å². The van der Waals surface area contributed by atoms with Crippen molar-refractivity contribution >= 4 is 5.91 Å². The Morgan fingerprint density at radius 3 is 2.68 bits per heavy atom. The van der Waals surface area contributed by atoms with E-state index < -0.39 is 11.7 Å². The second-order valence-corrected chi connectivity index (χ2v) is 5.40. The van der Waals surface area contributed by atoms with Gasteiger partial charge >= 0.3 is 6.18 Å². The first kappa shape index (κ1) is 14.7. The number of carbonyl (C=O) groups is 1. The number of amides is 1. The van der Waals surface area contributed by atoms with Gasteiger partial charge in [-0.15, -0.1) is 0 Å². The van der Waals surface area contributed by atoms with Crippen LogP contribution in [0.1, 0.15) is 29.0 Å². The van der Waals surface area contributed by atoms with Gasteiger partial charge in [0, 0.05) is 12.1 Å². The van der Waals surface area contributed by atoms with E-state index in [0.717, 1.165) is 25.0 Å². The maximum Gasteiger partial charge on any atom is 0.416 e. The fourth-order valence-electron chi connectivity index (χ4n) is 2.11. The van der Waals surface area contributed by atoms with Gasteiger partial charge in [-0.1, -0.05) is 12.1 Å². The van der Waals surface area contributed by atoms with Crippen molar-refractivity contribution in [1.29, 1.82) is 0 Å². The molecule has 22 heavy (non-hydrogen) atoms. The number of carbonyl (C=O) groups excluding carboxylic acids is 1. The highest BCUT2D eigenvalue weighted by molar-refractivity contribution is 5.92. The van der Waals surface area contributed by atoms with Gasteiger partial charge in [0.25, 0.3) is 5.91 Å². The van der Waals surface area contributed by atoms with Gasteiger partial charge in [-0.25, -0.2) is 0 Å². The standard InChI is InChI=1S/C16H14F3NO2/c17-16(18,19)12-3-1-2-11(8-12)13-6-7-14(22-13)15(21)20-9-10-4-5-10/h1-3,6-8,10H,4-5,9H2,(H,20,21). The summed E-state index contributed by atoms with van der Waals surface area (Å²) in [5.74, 6) is 0.544. The lowest BCUT2D eigenvalue weighted by molar-refractivity contribution is -0.137. The molecular weight excluding hydrogens is 295 g/mol. The average Bonchev–Trinajstić information content (AvgIpc) is 3.18. The number of benzene rings is 1. The molecule has 0 spiro atoms. The van der Waals surface area contributed by atoms with Gasteiger partial charge in [0.2, 0.25) is 0 Å². The summed E-state index contributed by atoms with van der Waals surface area (Å²) in [4.78, 5) is 11.9. The molecule has 1 heterocycles. The van der Waals surface area contributed by atoms with E-state index in [4.69, 9.17) is 4.42 Å². The Morgan fingerprint density at radius 2 is 2.00 bits per heavy atom. The van der Waals surface area contributed by atoms with Crippen LogP contribution in [0.15, 0.2) is 40.8 Å². The molecule has 0 unspecified atom stereocenters. The Morgan fingerprint density at radius 1 is 1.23 bits per heavy atom. The second kappa shape index (κ2) is 5.51. The van der Waals surface area contributed by atoms with Crippen molar-refractivity contribution < 1.29 is 22.4 Å². The first-order valence-corrected chi connectivity index (χ1v) is 6.99. The molecule has 0 atom stereocenters. The summed E-state index contributed by atoms with van der Waals surface area (Å²) in [6, 6.07) is 7.80. The van der Waals surface area contributed by atoms with Crippen LogP contribution < -0.4 is 5.32 Å². The van der Waals surface area contributed by atoms with E-state index in [1.54, 1.807) is 0 Å². The van der Waals surface area contributed by atoms with E-state index in [1.165, 1.54) is 24.3 Å². The zero-order chi connectivity index (χ0) is 15.7. The van der Waals surface area contributed by atoms with Crippen LogP contribution in [-0.4, -0.2) is 12.5 Å². The number of alkyl halides is 3. The van der Waals surface area contributed by atoms with E-state index >= 15 is 0 Å². The van der Waals surface area contributed by atoms with Crippen LogP contribution >= 0.6 is 0 Å². The molecule has 2 aromatic rings. The summed E-state index contributed by atoms with van der Waals surface area (Å²) in [5, 5.41) is 2.75. The second-order valence-electron chi connectivity index (χ2n) is 5.40. The molecule has 116 valence electrons. The van der Waals surface area contributed by atoms with Crippen LogP contribution in [0.4, 0.5) is 13.2 Å². The summed E-state index contributed by atoms with van der Waals surface area (Å²) in [5.41, 5.74) is -0.461. The Hall–Kier alpha value is -2.24. The normalized spacial score (nSPS) is 14.9. The number of nitrogens with one attached hydrogen (secondary N) is 1. The van der Waals surface area contributed by atoms with Gasteiger partial charge in [-0.05, 0) is 43.0 Å². The first-order chi connectivity index (χ1) is 10.4. The monoisotopic (exact) mass is 309 g/mol. The lowest BCUT2D eigenvalue weighted by Crippen LogP contribution is -2.24. The minimum atomic E-state index is -4.41. The summed E-state index contributed by atoms with van der Waals surface area (Å²) < 4.78 is 43.5. The molecule has 1 amide bonds. The lowest BCUT2D eigenvalue weighted by atomic mass is 10.1. The zero-order valence-corrected chi connectivity index (χ0v) is 11.6. The van der Waals surface area contributed by atoms with E-state index in [1.807, 2.05) is 0 Å². The van der Waals surface area contributed by atoms with Crippen molar-refractivity contribution in [3.8, 4) is 11.3 Å². The van der Waals surface area contributed by atoms with Gasteiger partial charge in [0.1, 0.15) is 5.76 Å². The van der Waals surface area contributed by atoms with E-state index in [2.05, 4.69) is 5.32 Å². The maximum absolute atomic E-state index is 12.7. The zero-order valence-electron chi connectivity index (χ0n) is 11.6. The van der Waals surface area contributed by atoms with Crippen molar-refractivity contribution in [3.05, 3.63) is 47.7 Å². The third-order valence-electron chi connectivity index (χ3n) is 3.55. The SMILES string of the molecule is O=C(NCC1CC1)c1ccc(-c2cccc(C(F)(F)F)c2)o1. The summed E-state index contributed by atoms with van der Waals surface area (Å²) in [6.45, 7) is 0.610. The summed E-state index contributed by atoms with van der Waals surface area (Å²) >= 11 is 0. The summed E-state index contributed by atoms with van der Waals surface area (Å²) in [6.07, 6.45) is -2.17. The fraction of sp³-hybridized carbons (Fsp3) is 0.312. The van der Waals surface area contributed by atoms with Gasteiger partial charge < -0.3 is 9.73 Å². The van der Waals surface area contributed by atoms with Crippen LogP contribution in [-0.2, 0) is 6.18 Å². The molecule has 6 heteroatoms. The topological polar surface area (TPSA) is 42.2 Å². The highest BCUT2D eigenvalue weighted by atomic mass is 19.4. The molecule has 1 saturated carbocycles. The minimum absolute atomic E-state index is 0.105. The molecule has 1 aromatic carbocycles. The van der Waals surface area contributed by atoms with Crippen molar-refractivity contribution in [2.24, 2.45) is 5.92 Å². The van der Waals surface area contributed by atoms with Crippen LogP contribution in [0.5, 0.6) is 0 Å². The Labute approximate surface area is 125 Å². The predicted molar refractivity (Wildman–Crippen MR) is 74.2 cm³/mol. The summed E-state index contributed by atoms with van der Waals surface area (Å²) in [7, 11) is 0. The van der Waals surface area contributed by atoms with Crippen molar-refractivity contribution in [3.63, 3.8) is 0 Å². The molecule has 1 aromatic heterocycles. The quantitative estimate of drug-likeness (QED) is 0.923. The molecule has 1 aliphatic rings. The molecule has 0 radical (unpaired) electrons. The highest BCUT2D eigenvalue weighted by Gasteiger charge is 2.30. The van der Waals surface area contributed by atoms with Crippen LogP contribution in [0, 0.1) is 5.92 Å². The highest BCUT2D eigenvalue weighted by Crippen LogP contribution is 2.32. The van der Waals surface area contributed by atoms with E-state index in [9.17, 15) is 18.0 Å². The van der Waals surface area contributed by atoms with Crippen molar-refractivity contribution in [2.45, 2.75) is 19.0 Å². The predicted octanol–water partition coefficient (Wildman–Crippen LogP) is 4.11. The fourth-order valence-corrected chi connectivity index (χ4v) is 2.11. The number of halogens is 3. The third-order valence-corrected chi connectivity index (χ3v) is 3.55. The van der Waals surface area contributed by atoms with Gasteiger partial charge in [-0.2, -0.15) is 13.2 Å². The number of hydrogen-bond acceptors (Lipinski definition) is 2. The minimum Gasteiger partial charge on any atom is -0.451 e. The Balaban J connectivity index is 1.76. The Kier molecular flexibility index (Phi) is 3.68. The van der Waals surface area contributed by atoms with E-state index in [-0.39, 0.29) is 23.0 Å².